The molecule has 0 aliphatic heterocycles. The number of nitrogens with one attached hydrogen (secondary N) is 1. The van der Waals surface area contributed by atoms with E-state index in [1.165, 1.54) is 0 Å². The molecular formula is C7H12BrNO. The first-order valence-corrected chi connectivity index (χ1v) is 4.06. The lowest BCUT2D eigenvalue weighted by molar-refractivity contribution is -0.120. The SMILES string of the molecule is C=C(Br)CNC(=O)CCC. The maximum absolute atomic E-state index is 10.8. The molecule has 0 aromatic rings. The van der Waals surface area contributed by atoms with E-state index in [1.807, 2.05) is 6.92 Å². The van der Waals surface area contributed by atoms with Gasteiger partial charge in [-0.1, -0.05) is 29.4 Å². The lowest BCUT2D eigenvalue weighted by Crippen LogP contribution is -2.23. The maximum Gasteiger partial charge on any atom is 0.220 e. The first-order valence-electron chi connectivity index (χ1n) is 3.26. The lowest BCUT2D eigenvalue weighted by atomic mass is 10.3. The number of carbonyl (C=O) groups is 1. The number of hydrogen-bond acceptors (Lipinski definition) is 1. The molecular weight excluding hydrogens is 194 g/mol. The first kappa shape index (κ1) is 9.69. The highest BCUT2D eigenvalue weighted by molar-refractivity contribution is 9.11. The van der Waals surface area contributed by atoms with Crippen molar-refractivity contribution in [3.05, 3.63) is 11.1 Å². The first-order chi connectivity index (χ1) is 4.66. The van der Waals surface area contributed by atoms with Crippen molar-refractivity contribution in [2.75, 3.05) is 6.54 Å². The normalized spacial score (nSPS) is 9.00. The van der Waals surface area contributed by atoms with Gasteiger partial charge >= 0.3 is 0 Å². The molecule has 0 atom stereocenters. The van der Waals surface area contributed by atoms with E-state index in [4.69, 9.17) is 0 Å². The summed E-state index contributed by atoms with van der Waals surface area (Å²) < 4.78 is 0.803. The minimum absolute atomic E-state index is 0.0862. The molecule has 0 fully saturated rings. The van der Waals surface area contributed by atoms with Crippen molar-refractivity contribution in [1.29, 1.82) is 0 Å². The highest BCUT2D eigenvalue weighted by atomic mass is 79.9. The Morgan fingerprint density at radius 2 is 2.30 bits per heavy atom. The molecule has 0 rings (SSSR count). The monoisotopic (exact) mass is 205 g/mol. The summed E-state index contributed by atoms with van der Waals surface area (Å²) in [7, 11) is 0. The summed E-state index contributed by atoms with van der Waals surface area (Å²) in [6.07, 6.45) is 1.49. The van der Waals surface area contributed by atoms with Gasteiger partial charge in [-0.15, -0.1) is 0 Å². The fourth-order valence-electron chi connectivity index (χ4n) is 0.510. The standard InChI is InChI=1S/C7H12BrNO/c1-3-4-7(10)9-5-6(2)8/h2-5H2,1H3,(H,9,10). The average Bonchev–Trinajstić information content (AvgIpc) is 1.85. The molecule has 2 nitrogen and oxygen atoms in total. The minimum atomic E-state index is 0.0862. The Hall–Kier alpha value is -0.310. The van der Waals surface area contributed by atoms with E-state index in [0.29, 0.717) is 13.0 Å². The smallest absolute Gasteiger partial charge is 0.220 e. The summed E-state index contributed by atoms with van der Waals surface area (Å²) in [5, 5.41) is 2.70. The van der Waals surface area contributed by atoms with Crippen molar-refractivity contribution in [2.24, 2.45) is 0 Å². The van der Waals surface area contributed by atoms with E-state index in [2.05, 4.69) is 27.8 Å². The van der Waals surface area contributed by atoms with Crippen molar-refractivity contribution < 1.29 is 4.79 Å². The fraction of sp³-hybridized carbons (Fsp3) is 0.571. The van der Waals surface area contributed by atoms with Crippen molar-refractivity contribution in [2.45, 2.75) is 19.8 Å². The fourth-order valence-corrected chi connectivity index (χ4v) is 0.650. The van der Waals surface area contributed by atoms with Crippen LogP contribution in [0, 0.1) is 0 Å². The van der Waals surface area contributed by atoms with Crippen LogP contribution in [0.2, 0.25) is 0 Å². The summed E-state index contributed by atoms with van der Waals surface area (Å²) in [6, 6.07) is 0. The van der Waals surface area contributed by atoms with E-state index in [-0.39, 0.29) is 5.91 Å². The third-order valence-electron chi connectivity index (χ3n) is 0.954. The van der Waals surface area contributed by atoms with Crippen molar-refractivity contribution in [1.82, 2.24) is 5.32 Å². The molecule has 1 amide bonds. The molecule has 0 unspecified atom stereocenters. The lowest BCUT2D eigenvalue weighted by Gasteiger charge is -2.00. The van der Waals surface area contributed by atoms with E-state index in [9.17, 15) is 4.79 Å². The average molecular weight is 206 g/mol. The Labute approximate surface area is 69.8 Å². The topological polar surface area (TPSA) is 29.1 Å². The van der Waals surface area contributed by atoms with Gasteiger partial charge in [-0.25, -0.2) is 0 Å². The Balaban J connectivity index is 3.30. The molecule has 0 bridgehead atoms. The summed E-state index contributed by atoms with van der Waals surface area (Å²) in [5.41, 5.74) is 0. The van der Waals surface area contributed by atoms with Gasteiger partial charge in [0.25, 0.3) is 0 Å². The zero-order valence-electron chi connectivity index (χ0n) is 6.11. The molecule has 0 saturated carbocycles. The van der Waals surface area contributed by atoms with Crippen LogP contribution in [0.3, 0.4) is 0 Å². The molecule has 0 saturated heterocycles. The Kier molecular flexibility index (Phi) is 5.30. The van der Waals surface area contributed by atoms with Crippen LogP contribution in [-0.4, -0.2) is 12.5 Å². The molecule has 58 valence electrons. The van der Waals surface area contributed by atoms with Gasteiger partial charge in [-0.3, -0.25) is 4.79 Å². The Morgan fingerprint density at radius 1 is 1.70 bits per heavy atom. The third-order valence-corrected chi connectivity index (χ3v) is 1.23. The van der Waals surface area contributed by atoms with Gasteiger partial charge < -0.3 is 5.32 Å². The predicted molar refractivity (Wildman–Crippen MR) is 46.0 cm³/mol. The third kappa shape index (κ3) is 5.82. The van der Waals surface area contributed by atoms with Crippen LogP contribution in [0.15, 0.2) is 11.1 Å². The largest absolute Gasteiger partial charge is 0.352 e. The highest BCUT2D eigenvalue weighted by Gasteiger charge is 1.96. The van der Waals surface area contributed by atoms with Crippen LogP contribution in [0.5, 0.6) is 0 Å². The van der Waals surface area contributed by atoms with Gasteiger partial charge in [0.1, 0.15) is 0 Å². The van der Waals surface area contributed by atoms with Crippen molar-refractivity contribution >= 4 is 21.8 Å². The van der Waals surface area contributed by atoms with Crippen LogP contribution in [0.1, 0.15) is 19.8 Å². The molecule has 1 N–H and O–H groups in total. The van der Waals surface area contributed by atoms with E-state index in [0.717, 1.165) is 10.9 Å². The van der Waals surface area contributed by atoms with Gasteiger partial charge in [0.2, 0.25) is 5.91 Å². The zero-order valence-corrected chi connectivity index (χ0v) is 7.70. The Bertz CT molecular complexity index is 134. The van der Waals surface area contributed by atoms with Gasteiger partial charge in [-0.2, -0.15) is 0 Å². The van der Waals surface area contributed by atoms with E-state index < -0.39 is 0 Å². The second kappa shape index (κ2) is 5.47. The summed E-state index contributed by atoms with van der Waals surface area (Å²) in [4.78, 5) is 10.8. The van der Waals surface area contributed by atoms with E-state index in [1.54, 1.807) is 0 Å². The maximum atomic E-state index is 10.8. The number of halogens is 1. The highest BCUT2D eigenvalue weighted by Crippen LogP contribution is 1.97. The predicted octanol–water partition coefficient (Wildman–Crippen LogP) is 1.81. The summed E-state index contributed by atoms with van der Waals surface area (Å²) in [6.45, 7) is 6.09. The summed E-state index contributed by atoms with van der Waals surface area (Å²) >= 11 is 3.14. The zero-order chi connectivity index (χ0) is 7.98. The van der Waals surface area contributed by atoms with Gasteiger partial charge in [0, 0.05) is 17.4 Å². The van der Waals surface area contributed by atoms with Crippen LogP contribution in [0.25, 0.3) is 0 Å². The molecule has 0 radical (unpaired) electrons. The number of carbonyl (C=O) groups excluding carboxylic acids is 1. The van der Waals surface area contributed by atoms with Crippen LogP contribution < -0.4 is 5.32 Å². The van der Waals surface area contributed by atoms with Gasteiger partial charge in [0.05, 0.1) is 0 Å². The molecule has 0 aromatic heterocycles. The number of rotatable bonds is 4. The Morgan fingerprint density at radius 3 is 2.70 bits per heavy atom. The molecule has 0 aliphatic carbocycles. The number of hydrogen-bond donors (Lipinski definition) is 1. The second-order valence-electron chi connectivity index (χ2n) is 2.04. The van der Waals surface area contributed by atoms with Crippen molar-refractivity contribution in [3.63, 3.8) is 0 Å². The van der Waals surface area contributed by atoms with Crippen LogP contribution in [0.4, 0.5) is 0 Å². The summed E-state index contributed by atoms with van der Waals surface area (Å²) in [5.74, 6) is 0.0862. The second-order valence-corrected chi connectivity index (χ2v) is 3.17. The minimum Gasteiger partial charge on any atom is -0.352 e. The quantitative estimate of drug-likeness (QED) is 0.746. The molecule has 0 heterocycles. The van der Waals surface area contributed by atoms with E-state index >= 15 is 0 Å². The molecule has 10 heavy (non-hydrogen) atoms. The van der Waals surface area contributed by atoms with Crippen LogP contribution >= 0.6 is 15.9 Å². The van der Waals surface area contributed by atoms with Gasteiger partial charge in [0.15, 0.2) is 0 Å². The van der Waals surface area contributed by atoms with Crippen molar-refractivity contribution in [3.8, 4) is 0 Å². The number of amides is 1. The molecule has 0 aromatic carbocycles. The molecule has 0 aliphatic rings. The molecule has 0 spiro atoms. The molecule has 3 heteroatoms. The van der Waals surface area contributed by atoms with Gasteiger partial charge in [-0.05, 0) is 6.42 Å². The van der Waals surface area contributed by atoms with Crippen LogP contribution in [-0.2, 0) is 4.79 Å².